The Kier molecular flexibility index (Phi) is 4.75. The molecule has 0 atom stereocenters. The lowest BCUT2D eigenvalue weighted by Crippen LogP contribution is -2.04. The van der Waals surface area contributed by atoms with Gasteiger partial charge in [-0.05, 0) is 72.6 Å². The molecule has 2 heteroatoms. The Morgan fingerprint density at radius 2 is 1.58 bits per heavy atom. The zero-order valence-electron chi connectivity index (χ0n) is 15.3. The minimum absolute atomic E-state index is 0.0271. The molecule has 0 saturated carbocycles. The first-order valence-corrected chi connectivity index (χ1v) is 9.54. The molecule has 0 bridgehead atoms. The third kappa shape index (κ3) is 3.24. The molecule has 4 rings (SSSR count). The predicted octanol–water partition coefficient (Wildman–Crippen LogP) is 6.15. The van der Waals surface area contributed by atoms with Gasteiger partial charge in [-0.2, -0.15) is 0 Å². The van der Waals surface area contributed by atoms with Crippen LogP contribution in [-0.2, 0) is 12.8 Å². The Hall–Kier alpha value is -2.61. The van der Waals surface area contributed by atoms with Crippen LogP contribution < -0.4 is 0 Å². The van der Waals surface area contributed by atoms with Crippen molar-refractivity contribution >= 4 is 5.78 Å². The largest absolute Gasteiger partial charge is 0.461 e. The Bertz CT molecular complexity index is 933. The molecule has 0 spiro atoms. The van der Waals surface area contributed by atoms with Gasteiger partial charge in [-0.3, -0.25) is 4.79 Å². The quantitative estimate of drug-likeness (QED) is 0.522. The molecule has 0 unspecified atom stereocenters. The molecule has 0 fully saturated rings. The number of fused-ring (bicyclic) bond motifs is 3. The van der Waals surface area contributed by atoms with Crippen molar-refractivity contribution in [1.82, 2.24) is 0 Å². The molecule has 1 aromatic heterocycles. The summed E-state index contributed by atoms with van der Waals surface area (Å²) in [4.78, 5) is 12.8. The van der Waals surface area contributed by atoms with E-state index in [1.165, 1.54) is 47.9 Å². The Morgan fingerprint density at radius 3 is 2.35 bits per heavy atom. The van der Waals surface area contributed by atoms with Crippen molar-refractivity contribution in [3.8, 4) is 11.1 Å². The van der Waals surface area contributed by atoms with Gasteiger partial charge in [0.2, 0.25) is 5.78 Å². The van der Waals surface area contributed by atoms with Crippen LogP contribution in [0.5, 0.6) is 0 Å². The zero-order valence-corrected chi connectivity index (χ0v) is 15.3. The number of carbonyl (C=O) groups excluding carboxylic acids is 1. The summed E-state index contributed by atoms with van der Waals surface area (Å²) < 4.78 is 5.41. The molecular formula is C24H24O2. The fraction of sp³-hybridized carbons (Fsp3) is 0.292. The van der Waals surface area contributed by atoms with Gasteiger partial charge < -0.3 is 4.42 Å². The van der Waals surface area contributed by atoms with E-state index in [0.29, 0.717) is 5.76 Å². The minimum atomic E-state index is -0.0271. The number of furan rings is 1. The lowest BCUT2D eigenvalue weighted by molar-refractivity contribution is 0.101. The van der Waals surface area contributed by atoms with E-state index in [4.69, 9.17) is 4.42 Å². The van der Waals surface area contributed by atoms with Gasteiger partial charge in [0.05, 0.1) is 6.26 Å². The van der Waals surface area contributed by atoms with Crippen molar-refractivity contribution in [2.45, 2.75) is 45.4 Å². The summed E-state index contributed by atoms with van der Waals surface area (Å²) in [6.45, 7) is 1.91. The van der Waals surface area contributed by atoms with E-state index in [2.05, 4.69) is 36.4 Å². The molecule has 0 N–H and O–H groups in total. The Labute approximate surface area is 154 Å². The maximum atomic E-state index is 12.8. The highest BCUT2D eigenvalue weighted by atomic mass is 16.3. The van der Waals surface area contributed by atoms with E-state index in [9.17, 15) is 4.79 Å². The smallest absolute Gasteiger partial charge is 0.228 e. The van der Waals surface area contributed by atoms with E-state index in [1.54, 1.807) is 6.26 Å². The highest BCUT2D eigenvalue weighted by Gasteiger charge is 2.18. The van der Waals surface area contributed by atoms with Crippen molar-refractivity contribution in [3.05, 3.63) is 82.8 Å². The molecule has 0 amide bonds. The second-order valence-electron chi connectivity index (χ2n) is 7.21. The van der Waals surface area contributed by atoms with Crippen LogP contribution in [0.3, 0.4) is 0 Å². The summed E-state index contributed by atoms with van der Waals surface area (Å²) in [5.41, 5.74) is 6.88. The number of hydrogen-bond acceptors (Lipinski definition) is 2. The molecule has 0 radical (unpaired) electrons. The topological polar surface area (TPSA) is 30.2 Å². The van der Waals surface area contributed by atoms with Crippen LogP contribution in [0.25, 0.3) is 11.1 Å². The SMILES string of the molecule is Cc1ccoc1C(=O)c1ccc2c(c1)CCCCCCc1ccccc1-2. The monoisotopic (exact) mass is 344 g/mol. The lowest BCUT2D eigenvalue weighted by atomic mass is 9.87. The maximum Gasteiger partial charge on any atom is 0.228 e. The summed E-state index contributed by atoms with van der Waals surface area (Å²) in [5.74, 6) is 0.422. The van der Waals surface area contributed by atoms with Crippen LogP contribution in [0.4, 0.5) is 0 Å². The van der Waals surface area contributed by atoms with E-state index >= 15 is 0 Å². The molecule has 2 nitrogen and oxygen atoms in total. The molecule has 1 aliphatic rings. The molecule has 2 aromatic carbocycles. The number of hydrogen-bond donors (Lipinski definition) is 0. The maximum absolute atomic E-state index is 12.8. The average Bonchev–Trinajstić information content (AvgIpc) is 3.10. The summed E-state index contributed by atoms with van der Waals surface area (Å²) in [6, 6.07) is 16.7. The van der Waals surface area contributed by atoms with Crippen LogP contribution >= 0.6 is 0 Å². The summed E-state index contributed by atoms with van der Waals surface area (Å²) in [7, 11) is 0. The van der Waals surface area contributed by atoms with Crippen LogP contribution in [-0.4, -0.2) is 5.78 Å². The van der Waals surface area contributed by atoms with Crippen molar-refractivity contribution < 1.29 is 9.21 Å². The summed E-state index contributed by atoms with van der Waals surface area (Å²) in [5, 5.41) is 0. The van der Waals surface area contributed by atoms with Gasteiger partial charge >= 0.3 is 0 Å². The number of benzene rings is 2. The second kappa shape index (κ2) is 7.33. The zero-order chi connectivity index (χ0) is 17.9. The number of rotatable bonds is 2. The molecule has 0 saturated heterocycles. The van der Waals surface area contributed by atoms with Crippen molar-refractivity contribution in [2.24, 2.45) is 0 Å². The highest BCUT2D eigenvalue weighted by molar-refractivity contribution is 6.08. The van der Waals surface area contributed by atoms with Crippen LogP contribution in [0.2, 0.25) is 0 Å². The first kappa shape index (κ1) is 16.8. The van der Waals surface area contributed by atoms with E-state index < -0.39 is 0 Å². The Balaban J connectivity index is 1.79. The standard InChI is InChI=1S/C24H24O2/c1-17-14-15-26-24(17)23(25)20-12-13-22-19(16-20)10-5-3-2-4-8-18-9-6-7-11-21(18)22/h6-7,9,11-16H,2-5,8,10H2,1H3. The van der Waals surface area contributed by atoms with Crippen molar-refractivity contribution in [3.63, 3.8) is 0 Å². The molecule has 1 heterocycles. The normalized spacial score (nSPS) is 14.3. The fourth-order valence-electron chi connectivity index (χ4n) is 3.93. The van der Waals surface area contributed by atoms with Gasteiger partial charge in [0.15, 0.2) is 5.76 Å². The predicted molar refractivity (Wildman–Crippen MR) is 105 cm³/mol. The van der Waals surface area contributed by atoms with E-state index in [-0.39, 0.29) is 5.78 Å². The third-order valence-corrected chi connectivity index (χ3v) is 5.39. The fourth-order valence-corrected chi connectivity index (χ4v) is 3.93. The van der Waals surface area contributed by atoms with Gasteiger partial charge in [-0.1, -0.05) is 49.2 Å². The Morgan fingerprint density at radius 1 is 0.846 bits per heavy atom. The van der Waals surface area contributed by atoms with Crippen molar-refractivity contribution in [2.75, 3.05) is 0 Å². The van der Waals surface area contributed by atoms with Gasteiger partial charge in [0.1, 0.15) is 0 Å². The number of aryl methyl sites for hydroxylation is 3. The van der Waals surface area contributed by atoms with Crippen LogP contribution in [0.15, 0.2) is 59.2 Å². The van der Waals surface area contributed by atoms with Crippen LogP contribution in [0.1, 0.15) is 58.5 Å². The van der Waals surface area contributed by atoms with Crippen molar-refractivity contribution in [1.29, 1.82) is 0 Å². The molecule has 0 aliphatic heterocycles. The first-order valence-electron chi connectivity index (χ1n) is 9.54. The first-order chi connectivity index (χ1) is 12.7. The molecule has 1 aliphatic carbocycles. The molecule has 132 valence electrons. The van der Waals surface area contributed by atoms with E-state index in [0.717, 1.165) is 24.0 Å². The average molecular weight is 344 g/mol. The van der Waals surface area contributed by atoms with Gasteiger partial charge in [0, 0.05) is 5.56 Å². The van der Waals surface area contributed by atoms with Gasteiger partial charge in [-0.15, -0.1) is 0 Å². The second-order valence-corrected chi connectivity index (χ2v) is 7.21. The number of carbonyl (C=O) groups is 1. The van der Waals surface area contributed by atoms with Crippen LogP contribution in [0, 0.1) is 6.92 Å². The summed E-state index contributed by atoms with van der Waals surface area (Å²) in [6.07, 6.45) is 8.67. The van der Waals surface area contributed by atoms with Gasteiger partial charge in [-0.25, -0.2) is 0 Å². The molecule has 26 heavy (non-hydrogen) atoms. The molecular weight excluding hydrogens is 320 g/mol. The van der Waals surface area contributed by atoms with E-state index in [1.807, 2.05) is 19.1 Å². The highest BCUT2D eigenvalue weighted by Crippen LogP contribution is 2.32. The third-order valence-electron chi connectivity index (χ3n) is 5.39. The lowest BCUT2D eigenvalue weighted by Gasteiger charge is -2.17. The van der Waals surface area contributed by atoms with Gasteiger partial charge in [0.25, 0.3) is 0 Å². The summed E-state index contributed by atoms with van der Waals surface area (Å²) >= 11 is 0. The molecule has 3 aromatic rings. The number of ketones is 1. The minimum Gasteiger partial charge on any atom is -0.461 e.